The molecule has 2 heterocycles. The number of aromatic hydroxyl groups is 1. The predicted octanol–water partition coefficient (Wildman–Crippen LogP) is 4.60. The van der Waals surface area contributed by atoms with Gasteiger partial charge in [0.1, 0.15) is 11.5 Å². The van der Waals surface area contributed by atoms with E-state index in [1.54, 1.807) is 13.2 Å². The summed E-state index contributed by atoms with van der Waals surface area (Å²) >= 11 is 0. The van der Waals surface area contributed by atoms with Crippen LogP contribution in [0.15, 0.2) is 36.4 Å². The van der Waals surface area contributed by atoms with E-state index in [1.165, 1.54) is 5.56 Å². The Balaban J connectivity index is 1.44. The van der Waals surface area contributed by atoms with E-state index >= 15 is 0 Å². The first-order valence-electron chi connectivity index (χ1n) is 11.7. The molecule has 4 rings (SSSR count). The zero-order valence-electron chi connectivity index (χ0n) is 19.4. The van der Waals surface area contributed by atoms with E-state index in [1.807, 2.05) is 24.3 Å². The van der Waals surface area contributed by atoms with Gasteiger partial charge in [0.05, 0.1) is 13.0 Å². The lowest BCUT2D eigenvalue weighted by Gasteiger charge is -2.35. The van der Waals surface area contributed by atoms with Gasteiger partial charge in [0.2, 0.25) is 5.91 Å². The number of piperidine rings is 1. The molecule has 2 aliphatic heterocycles. The standard InChI is InChI=1S/C26H35N3O3/c1-17(2)29-13-11-18(12-14-29)22-15-20(8-10-25(22)32-3)28-26(31)19-7-9-21-23(27-16-19)5-4-6-24(21)30/h4-6,8,10,15,17-19,27,30H,7,9,11-14,16H2,1-3H3,(H,28,31). The van der Waals surface area contributed by atoms with Gasteiger partial charge in [0, 0.05) is 29.5 Å². The topological polar surface area (TPSA) is 73.8 Å². The quantitative estimate of drug-likeness (QED) is 0.637. The van der Waals surface area contributed by atoms with Crippen LogP contribution in [0.3, 0.4) is 0 Å². The van der Waals surface area contributed by atoms with Crippen LogP contribution < -0.4 is 15.4 Å². The zero-order valence-corrected chi connectivity index (χ0v) is 19.4. The lowest BCUT2D eigenvalue weighted by Crippen LogP contribution is -2.37. The van der Waals surface area contributed by atoms with Gasteiger partial charge in [0.25, 0.3) is 0 Å². The van der Waals surface area contributed by atoms with E-state index in [0.29, 0.717) is 37.1 Å². The van der Waals surface area contributed by atoms with Gasteiger partial charge in [-0.25, -0.2) is 0 Å². The average Bonchev–Trinajstić information content (AvgIpc) is 3.03. The van der Waals surface area contributed by atoms with Crippen molar-refractivity contribution < 1.29 is 14.6 Å². The Bertz CT molecular complexity index is 951. The van der Waals surface area contributed by atoms with Crippen molar-refractivity contribution in [2.45, 2.75) is 51.5 Å². The second kappa shape index (κ2) is 9.82. The van der Waals surface area contributed by atoms with Gasteiger partial charge in [0.15, 0.2) is 0 Å². The second-order valence-corrected chi connectivity index (χ2v) is 9.27. The molecule has 1 saturated heterocycles. The fourth-order valence-electron chi connectivity index (χ4n) is 4.98. The van der Waals surface area contributed by atoms with Crippen LogP contribution in [0, 0.1) is 5.92 Å². The van der Waals surface area contributed by atoms with Crippen molar-refractivity contribution in [3.63, 3.8) is 0 Å². The number of fused-ring (bicyclic) bond motifs is 1. The average molecular weight is 438 g/mol. The molecule has 0 bridgehead atoms. The minimum absolute atomic E-state index is 0.00976. The molecule has 0 spiro atoms. The summed E-state index contributed by atoms with van der Waals surface area (Å²) in [6.45, 7) is 7.23. The molecule has 2 aromatic rings. The Morgan fingerprint density at radius 3 is 2.69 bits per heavy atom. The summed E-state index contributed by atoms with van der Waals surface area (Å²) in [5.74, 6) is 1.47. The van der Waals surface area contributed by atoms with Crippen LogP contribution in [0.5, 0.6) is 11.5 Å². The van der Waals surface area contributed by atoms with Crippen LogP contribution in [0.4, 0.5) is 11.4 Å². The maximum Gasteiger partial charge on any atom is 0.229 e. The summed E-state index contributed by atoms with van der Waals surface area (Å²) in [5.41, 5.74) is 3.81. The maximum absolute atomic E-state index is 13.1. The summed E-state index contributed by atoms with van der Waals surface area (Å²) in [5, 5.41) is 16.6. The van der Waals surface area contributed by atoms with Crippen molar-refractivity contribution >= 4 is 17.3 Å². The van der Waals surface area contributed by atoms with E-state index in [-0.39, 0.29) is 11.8 Å². The first kappa shape index (κ1) is 22.5. The molecular formula is C26H35N3O3. The smallest absolute Gasteiger partial charge is 0.229 e. The summed E-state index contributed by atoms with van der Waals surface area (Å²) < 4.78 is 5.65. The Hall–Kier alpha value is -2.73. The number of methoxy groups -OCH3 is 1. The number of anilines is 2. The fourth-order valence-corrected chi connectivity index (χ4v) is 4.98. The molecule has 1 fully saturated rings. The third-order valence-electron chi connectivity index (χ3n) is 7.00. The highest BCUT2D eigenvalue weighted by molar-refractivity contribution is 5.93. The van der Waals surface area contributed by atoms with Gasteiger partial charge in [-0.2, -0.15) is 0 Å². The number of nitrogens with one attached hydrogen (secondary N) is 2. The summed E-state index contributed by atoms with van der Waals surface area (Å²) in [7, 11) is 1.71. The maximum atomic E-state index is 13.1. The van der Waals surface area contributed by atoms with Crippen molar-refractivity contribution in [1.82, 2.24) is 4.90 Å². The van der Waals surface area contributed by atoms with Crippen LogP contribution in [0.1, 0.15) is 50.2 Å². The van der Waals surface area contributed by atoms with E-state index in [0.717, 1.165) is 48.6 Å². The number of hydrogen-bond donors (Lipinski definition) is 3. The van der Waals surface area contributed by atoms with Gasteiger partial charge in [-0.3, -0.25) is 4.79 Å². The minimum Gasteiger partial charge on any atom is -0.508 e. The Labute approximate surface area is 191 Å². The number of ether oxygens (including phenoxy) is 1. The molecule has 3 N–H and O–H groups in total. The molecule has 6 nitrogen and oxygen atoms in total. The number of phenolic OH excluding ortho intramolecular Hbond substituents is 1. The minimum atomic E-state index is -0.165. The molecule has 0 saturated carbocycles. The number of hydrogen-bond acceptors (Lipinski definition) is 5. The first-order chi connectivity index (χ1) is 15.5. The molecule has 1 unspecified atom stereocenters. The van der Waals surface area contributed by atoms with Gasteiger partial charge >= 0.3 is 0 Å². The van der Waals surface area contributed by atoms with E-state index in [4.69, 9.17) is 4.74 Å². The highest BCUT2D eigenvalue weighted by Gasteiger charge is 2.26. The Morgan fingerprint density at radius 1 is 1.19 bits per heavy atom. The van der Waals surface area contributed by atoms with Crippen LogP contribution in [-0.2, 0) is 11.2 Å². The predicted molar refractivity (Wildman–Crippen MR) is 129 cm³/mol. The largest absolute Gasteiger partial charge is 0.508 e. The summed E-state index contributed by atoms with van der Waals surface area (Å²) in [6.07, 6.45) is 3.57. The Kier molecular flexibility index (Phi) is 6.89. The Morgan fingerprint density at radius 2 is 1.97 bits per heavy atom. The highest BCUT2D eigenvalue weighted by Crippen LogP contribution is 2.37. The van der Waals surface area contributed by atoms with Gasteiger partial charge in [-0.1, -0.05) is 6.07 Å². The molecule has 1 amide bonds. The van der Waals surface area contributed by atoms with E-state index in [9.17, 15) is 9.90 Å². The molecule has 0 aliphatic carbocycles. The molecule has 1 atom stereocenters. The number of carbonyl (C=O) groups is 1. The van der Waals surface area contributed by atoms with Crippen LogP contribution >= 0.6 is 0 Å². The van der Waals surface area contributed by atoms with Crippen molar-refractivity contribution in [3.8, 4) is 11.5 Å². The third-order valence-corrected chi connectivity index (χ3v) is 7.00. The number of amides is 1. The fraction of sp³-hybridized carbons (Fsp3) is 0.500. The molecule has 2 aromatic carbocycles. The first-order valence-corrected chi connectivity index (χ1v) is 11.7. The lowest BCUT2D eigenvalue weighted by molar-refractivity contribution is -0.119. The second-order valence-electron chi connectivity index (χ2n) is 9.27. The molecule has 32 heavy (non-hydrogen) atoms. The van der Waals surface area contributed by atoms with Crippen molar-refractivity contribution in [2.24, 2.45) is 5.92 Å². The number of rotatable bonds is 5. The molecule has 6 heteroatoms. The van der Waals surface area contributed by atoms with Crippen LogP contribution in [-0.4, -0.2) is 48.7 Å². The number of carbonyl (C=O) groups excluding carboxylic acids is 1. The third kappa shape index (κ3) is 4.85. The highest BCUT2D eigenvalue weighted by atomic mass is 16.5. The summed E-state index contributed by atoms with van der Waals surface area (Å²) in [6, 6.07) is 12.0. The van der Waals surface area contributed by atoms with Gasteiger partial charge in [-0.15, -0.1) is 0 Å². The SMILES string of the molecule is COc1ccc(NC(=O)C2CCc3c(O)cccc3NC2)cc1C1CCN(C(C)C)CC1. The normalized spacial score (nSPS) is 19.7. The van der Waals surface area contributed by atoms with Crippen LogP contribution in [0.25, 0.3) is 0 Å². The van der Waals surface area contributed by atoms with Crippen LogP contribution in [0.2, 0.25) is 0 Å². The number of benzene rings is 2. The summed E-state index contributed by atoms with van der Waals surface area (Å²) in [4.78, 5) is 15.6. The molecule has 172 valence electrons. The van der Waals surface area contributed by atoms with Crippen molar-refractivity contribution in [1.29, 1.82) is 0 Å². The van der Waals surface area contributed by atoms with E-state index < -0.39 is 0 Å². The molecule has 0 aromatic heterocycles. The lowest BCUT2D eigenvalue weighted by atomic mass is 9.88. The molecule has 0 radical (unpaired) electrons. The number of nitrogens with zero attached hydrogens (tertiary/aromatic N) is 1. The van der Waals surface area contributed by atoms with Gasteiger partial charge < -0.3 is 25.4 Å². The number of phenols is 1. The van der Waals surface area contributed by atoms with Crippen molar-refractivity contribution in [3.05, 3.63) is 47.5 Å². The monoisotopic (exact) mass is 437 g/mol. The van der Waals surface area contributed by atoms with E-state index in [2.05, 4.69) is 35.4 Å². The van der Waals surface area contributed by atoms with Gasteiger partial charge in [-0.05, 0) is 94.4 Å². The molecular weight excluding hydrogens is 402 g/mol. The number of likely N-dealkylation sites (tertiary alicyclic amines) is 1. The van der Waals surface area contributed by atoms with Crippen molar-refractivity contribution in [2.75, 3.05) is 37.4 Å². The molecule has 2 aliphatic rings. The zero-order chi connectivity index (χ0) is 22.7.